The summed E-state index contributed by atoms with van der Waals surface area (Å²) >= 11 is 8.91. The van der Waals surface area contributed by atoms with E-state index in [0.29, 0.717) is 12.3 Å². The number of amides is 1. The van der Waals surface area contributed by atoms with Gasteiger partial charge in [0.05, 0.1) is 17.7 Å². The van der Waals surface area contributed by atoms with E-state index in [-0.39, 0.29) is 16.7 Å². The highest BCUT2D eigenvalue weighted by atomic mass is 79.9. The van der Waals surface area contributed by atoms with Crippen molar-refractivity contribution in [3.05, 3.63) is 40.9 Å². The van der Waals surface area contributed by atoms with Gasteiger partial charge in [0.15, 0.2) is 0 Å². The smallest absolute Gasteiger partial charge is 0.294 e. The summed E-state index contributed by atoms with van der Waals surface area (Å²) in [6.45, 7) is 0.465. The number of hydrogen-bond donors (Lipinski definition) is 1. The molecular formula is C13H11BrClFN2O3. The van der Waals surface area contributed by atoms with E-state index < -0.39 is 11.7 Å². The number of hydrogen-bond acceptors (Lipinski definition) is 4. The second-order valence-electron chi connectivity index (χ2n) is 4.00. The third kappa shape index (κ3) is 4.44. The van der Waals surface area contributed by atoms with Crippen LogP contribution in [0, 0.1) is 5.82 Å². The fraction of sp³-hybridized carbons (Fsp3) is 0.231. The van der Waals surface area contributed by atoms with Crippen LogP contribution in [-0.4, -0.2) is 23.0 Å². The highest BCUT2D eigenvalue weighted by Gasteiger charge is 2.14. The Labute approximate surface area is 133 Å². The minimum absolute atomic E-state index is 0.00992. The van der Waals surface area contributed by atoms with Gasteiger partial charge < -0.3 is 14.6 Å². The van der Waals surface area contributed by atoms with Gasteiger partial charge in [-0.3, -0.25) is 4.79 Å². The summed E-state index contributed by atoms with van der Waals surface area (Å²) in [5.74, 6) is -0.861. The van der Waals surface area contributed by atoms with Crippen molar-refractivity contribution in [1.82, 2.24) is 5.16 Å². The summed E-state index contributed by atoms with van der Waals surface area (Å²) in [5, 5.41) is 6.87. The number of alkyl halides is 1. The van der Waals surface area contributed by atoms with Crippen molar-refractivity contribution in [2.75, 3.05) is 17.3 Å². The molecule has 0 saturated heterocycles. The Morgan fingerprint density at radius 1 is 1.48 bits per heavy atom. The number of anilines is 1. The summed E-state index contributed by atoms with van der Waals surface area (Å²) in [6.07, 6.45) is 0.808. The maximum atomic E-state index is 13.0. The Morgan fingerprint density at radius 3 is 3.00 bits per heavy atom. The molecule has 0 spiro atoms. The molecule has 1 aromatic heterocycles. The average Bonchev–Trinajstić information content (AvgIpc) is 2.92. The van der Waals surface area contributed by atoms with Crippen molar-refractivity contribution < 1.29 is 18.4 Å². The molecule has 0 bridgehead atoms. The SMILES string of the molecule is O=C(Nc1ccc(F)c(Cl)c1)c1cc(OCCCBr)no1. The molecule has 1 amide bonds. The van der Waals surface area contributed by atoms with E-state index >= 15 is 0 Å². The maximum Gasteiger partial charge on any atom is 0.294 e. The van der Waals surface area contributed by atoms with Crippen molar-refractivity contribution in [1.29, 1.82) is 0 Å². The lowest BCUT2D eigenvalue weighted by Crippen LogP contribution is -2.10. The zero-order chi connectivity index (χ0) is 15.2. The molecule has 8 heteroatoms. The van der Waals surface area contributed by atoms with E-state index in [1.54, 1.807) is 0 Å². The van der Waals surface area contributed by atoms with Crippen LogP contribution < -0.4 is 10.1 Å². The first-order valence-electron chi connectivity index (χ1n) is 6.02. The van der Waals surface area contributed by atoms with E-state index in [9.17, 15) is 9.18 Å². The molecule has 5 nitrogen and oxygen atoms in total. The number of aromatic nitrogens is 1. The largest absolute Gasteiger partial charge is 0.475 e. The minimum Gasteiger partial charge on any atom is -0.475 e. The Bertz CT molecular complexity index is 636. The van der Waals surface area contributed by atoms with Gasteiger partial charge in [0.2, 0.25) is 5.76 Å². The molecule has 0 saturated carbocycles. The van der Waals surface area contributed by atoms with Gasteiger partial charge in [0, 0.05) is 11.0 Å². The molecule has 0 aliphatic heterocycles. The van der Waals surface area contributed by atoms with Crippen LogP contribution >= 0.6 is 27.5 Å². The molecule has 112 valence electrons. The van der Waals surface area contributed by atoms with Gasteiger partial charge in [-0.1, -0.05) is 27.5 Å². The summed E-state index contributed by atoms with van der Waals surface area (Å²) in [7, 11) is 0. The van der Waals surface area contributed by atoms with E-state index in [4.69, 9.17) is 20.9 Å². The van der Waals surface area contributed by atoms with Gasteiger partial charge in [-0.15, -0.1) is 0 Å². The van der Waals surface area contributed by atoms with Gasteiger partial charge >= 0.3 is 0 Å². The molecule has 0 unspecified atom stereocenters. The lowest BCUT2D eigenvalue weighted by Gasteiger charge is -2.03. The number of carbonyl (C=O) groups excluding carboxylic acids is 1. The number of nitrogens with zero attached hydrogens (tertiary/aromatic N) is 1. The second-order valence-corrected chi connectivity index (χ2v) is 5.20. The molecule has 21 heavy (non-hydrogen) atoms. The summed E-state index contributed by atoms with van der Waals surface area (Å²) in [4.78, 5) is 11.9. The minimum atomic E-state index is -0.559. The number of benzene rings is 1. The molecule has 0 radical (unpaired) electrons. The molecule has 0 atom stereocenters. The van der Waals surface area contributed by atoms with Crippen LogP contribution in [0.4, 0.5) is 10.1 Å². The Balaban J connectivity index is 1.98. The predicted octanol–water partition coefficient (Wildman–Crippen LogP) is 3.88. The Kier molecular flexibility index (Phi) is 5.58. The topological polar surface area (TPSA) is 64.4 Å². The zero-order valence-electron chi connectivity index (χ0n) is 10.7. The van der Waals surface area contributed by atoms with Crippen LogP contribution in [0.5, 0.6) is 5.88 Å². The fourth-order valence-corrected chi connectivity index (χ4v) is 1.84. The Hall–Kier alpha value is -1.60. The highest BCUT2D eigenvalue weighted by molar-refractivity contribution is 9.09. The van der Waals surface area contributed by atoms with Crippen molar-refractivity contribution in [3.8, 4) is 5.88 Å². The van der Waals surface area contributed by atoms with E-state index in [0.717, 1.165) is 17.8 Å². The van der Waals surface area contributed by atoms with Crippen molar-refractivity contribution in [2.45, 2.75) is 6.42 Å². The normalized spacial score (nSPS) is 10.4. The first kappa shape index (κ1) is 15.8. The second kappa shape index (κ2) is 7.42. The summed E-state index contributed by atoms with van der Waals surface area (Å²) in [6, 6.07) is 5.24. The molecule has 0 aliphatic carbocycles. The van der Waals surface area contributed by atoms with E-state index in [1.807, 2.05) is 0 Å². The van der Waals surface area contributed by atoms with Gasteiger partial charge in [0.25, 0.3) is 11.8 Å². The number of ether oxygens (including phenoxy) is 1. The first-order chi connectivity index (χ1) is 10.1. The van der Waals surface area contributed by atoms with Gasteiger partial charge in [-0.25, -0.2) is 4.39 Å². The summed E-state index contributed by atoms with van der Waals surface area (Å²) < 4.78 is 23.2. The van der Waals surface area contributed by atoms with Crippen LogP contribution in [0.3, 0.4) is 0 Å². The molecule has 1 heterocycles. The van der Waals surface area contributed by atoms with Gasteiger partial charge in [-0.05, 0) is 29.8 Å². The van der Waals surface area contributed by atoms with Crippen molar-refractivity contribution >= 4 is 39.1 Å². The number of nitrogens with one attached hydrogen (secondary N) is 1. The number of rotatable bonds is 6. The average molecular weight is 378 g/mol. The number of carbonyl (C=O) groups is 1. The van der Waals surface area contributed by atoms with Crippen LogP contribution in [0.15, 0.2) is 28.8 Å². The molecule has 0 fully saturated rings. The quantitative estimate of drug-likeness (QED) is 0.613. The summed E-state index contributed by atoms with van der Waals surface area (Å²) in [5.41, 5.74) is 0.351. The molecule has 2 aromatic rings. The molecule has 1 aromatic carbocycles. The first-order valence-corrected chi connectivity index (χ1v) is 7.52. The molecular weight excluding hydrogens is 367 g/mol. The zero-order valence-corrected chi connectivity index (χ0v) is 13.1. The third-order valence-corrected chi connectivity index (χ3v) is 3.27. The van der Waals surface area contributed by atoms with E-state index in [2.05, 4.69) is 26.4 Å². The molecule has 1 N–H and O–H groups in total. The van der Waals surface area contributed by atoms with Gasteiger partial charge in [0.1, 0.15) is 5.82 Å². The van der Waals surface area contributed by atoms with Crippen LogP contribution in [-0.2, 0) is 0 Å². The van der Waals surface area contributed by atoms with Crippen LogP contribution in [0.25, 0.3) is 0 Å². The third-order valence-electron chi connectivity index (χ3n) is 2.42. The molecule has 2 rings (SSSR count). The highest BCUT2D eigenvalue weighted by Crippen LogP contribution is 2.20. The van der Waals surface area contributed by atoms with Crippen molar-refractivity contribution in [2.24, 2.45) is 0 Å². The van der Waals surface area contributed by atoms with Crippen LogP contribution in [0.1, 0.15) is 17.0 Å². The van der Waals surface area contributed by atoms with Crippen LogP contribution in [0.2, 0.25) is 5.02 Å². The van der Waals surface area contributed by atoms with E-state index in [1.165, 1.54) is 18.2 Å². The predicted molar refractivity (Wildman–Crippen MR) is 79.8 cm³/mol. The maximum absolute atomic E-state index is 13.0. The standard InChI is InChI=1S/C13H11BrClFN2O3/c14-4-1-5-20-12-7-11(21-18-12)13(19)17-8-2-3-10(16)9(15)6-8/h2-3,6-7H,1,4-5H2,(H,17,19). The van der Waals surface area contributed by atoms with Gasteiger partial charge in [-0.2, -0.15) is 0 Å². The molecule has 0 aliphatic rings. The lowest BCUT2D eigenvalue weighted by atomic mass is 10.3. The Morgan fingerprint density at radius 2 is 2.29 bits per heavy atom. The number of halogens is 3. The monoisotopic (exact) mass is 376 g/mol. The fourth-order valence-electron chi connectivity index (χ4n) is 1.43. The van der Waals surface area contributed by atoms with Crippen molar-refractivity contribution in [3.63, 3.8) is 0 Å². The lowest BCUT2D eigenvalue weighted by molar-refractivity contribution is 0.0987.